The second-order valence-corrected chi connectivity index (χ2v) is 11.9. The Morgan fingerprint density at radius 1 is 0.971 bits per heavy atom. The number of fused-ring (bicyclic) bond motifs is 1. The van der Waals surface area contributed by atoms with Gasteiger partial charge in [0.25, 0.3) is 5.91 Å². The highest BCUT2D eigenvalue weighted by Crippen LogP contribution is 2.25. The monoisotopic (exact) mass is 485 g/mol. The quantitative estimate of drug-likeness (QED) is 0.563. The van der Waals surface area contributed by atoms with Crippen molar-refractivity contribution in [3.8, 4) is 0 Å². The summed E-state index contributed by atoms with van der Waals surface area (Å²) in [5, 5.41) is 0. The van der Waals surface area contributed by atoms with E-state index in [4.69, 9.17) is 4.42 Å². The Balaban J connectivity index is 1.48. The average Bonchev–Trinajstić information content (AvgIpc) is 3.13. The van der Waals surface area contributed by atoms with Gasteiger partial charge in [-0.1, -0.05) is 32.9 Å². The number of aromatic nitrogens is 1. The summed E-state index contributed by atoms with van der Waals surface area (Å²) >= 11 is 0. The zero-order valence-corrected chi connectivity index (χ0v) is 21.1. The third-order valence-corrected chi connectivity index (χ3v) is 8.16. The van der Waals surface area contributed by atoms with Crippen LogP contribution in [0.5, 0.6) is 0 Å². The van der Waals surface area contributed by atoms with Crippen LogP contribution in [0.2, 0.25) is 0 Å². The first-order valence-corrected chi connectivity index (χ1v) is 12.9. The van der Waals surface area contributed by atoms with Gasteiger partial charge in [0.2, 0.25) is 10.0 Å². The molecular weight excluding hydrogens is 454 g/mol. The summed E-state index contributed by atoms with van der Waals surface area (Å²) < 4.78 is 34.6. The number of carbonyl (C=O) groups is 1. The van der Waals surface area contributed by atoms with Crippen molar-refractivity contribution in [3.63, 3.8) is 0 Å². The normalized spacial score (nSPS) is 15.9. The van der Waals surface area contributed by atoms with Crippen LogP contribution < -0.4 is 5.76 Å². The van der Waals surface area contributed by atoms with Crippen molar-refractivity contribution in [2.75, 3.05) is 26.2 Å². The van der Waals surface area contributed by atoms with Crippen LogP contribution in [0.4, 0.5) is 0 Å². The molecule has 1 saturated heterocycles. The molecule has 0 N–H and O–H groups in total. The van der Waals surface area contributed by atoms with Gasteiger partial charge in [0.15, 0.2) is 5.58 Å². The number of piperazine rings is 1. The predicted molar refractivity (Wildman–Crippen MR) is 131 cm³/mol. The Labute approximate surface area is 199 Å². The Kier molecular flexibility index (Phi) is 6.20. The van der Waals surface area contributed by atoms with E-state index in [0.717, 1.165) is 5.56 Å². The lowest BCUT2D eigenvalue weighted by Gasteiger charge is -2.34. The van der Waals surface area contributed by atoms with Crippen LogP contribution in [0.25, 0.3) is 11.1 Å². The highest BCUT2D eigenvalue weighted by atomic mass is 32.2. The van der Waals surface area contributed by atoms with Gasteiger partial charge in [0.05, 0.1) is 10.4 Å². The maximum absolute atomic E-state index is 13.2. The number of oxazole rings is 1. The molecule has 0 saturated carbocycles. The lowest BCUT2D eigenvalue weighted by molar-refractivity contribution is 0.0698. The van der Waals surface area contributed by atoms with Gasteiger partial charge in [-0.05, 0) is 49.1 Å². The van der Waals surface area contributed by atoms with Crippen LogP contribution in [0.15, 0.2) is 56.6 Å². The summed E-state index contributed by atoms with van der Waals surface area (Å²) in [6.45, 7) is 11.1. The molecule has 0 atom stereocenters. The largest absolute Gasteiger partial charge is 0.420 e. The van der Waals surface area contributed by atoms with Crippen molar-refractivity contribution < 1.29 is 17.6 Å². The number of carbonyl (C=O) groups excluding carboxylic acids is 1. The number of nitrogens with zero attached hydrogens (tertiary/aromatic N) is 3. The SMILES string of the molecule is CC(C)n1c(=O)oc2cc(S(=O)(=O)N3CCN(C(=O)c4ccc(C(C)(C)C)cc4)CC3)ccc21. The van der Waals surface area contributed by atoms with E-state index in [9.17, 15) is 18.0 Å². The molecule has 0 bridgehead atoms. The highest BCUT2D eigenvalue weighted by Gasteiger charge is 2.31. The molecule has 182 valence electrons. The van der Waals surface area contributed by atoms with Gasteiger partial charge in [-0.25, -0.2) is 13.2 Å². The van der Waals surface area contributed by atoms with Gasteiger partial charge in [0, 0.05) is 43.9 Å². The number of hydrogen-bond donors (Lipinski definition) is 0. The molecular formula is C25H31N3O5S. The van der Waals surface area contributed by atoms with Gasteiger partial charge in [-0.2, -0.15) is 4.31 Å². The second-order valence-electron chi connectivity index (χ2n) is 9.98. The zero-order chi connectivity index (χ0) is 24.8. The number of hydrogen-bond acceptors (Lipinski definition) is 5. The molecule has 4 rings (SSSR count). The summed E-state index contributed by atoms with van der Waals surface area (Å²) in [6, 6.07) is 12.0. The first-order valence-electron chi connectivity index (χ1n) is 11.4. The van der Waals surface area contributed by atoms with E-state index in [1.165, 1.54) is 21.0 Å². The van der Waals surface area contributed by atoms with E-state index in [1.807, 2.05) is 38.1 Å². The van der Waals surface area contributed by atoms with Gasteiger partial charge < -0.3 is 9.32 Å². The van der Waals surface area contributed by atoms with E-state index in [0.29, 0.717) is 24.2 Å². The van der Waals surface area contributed by atoms with Crippen LogP contribution in [0, 0.1) is 0 Å². The fourth-order valence-electron chi connectivity index (χ4n) is 4.24. The molecule has 1 fully saturated rings. The Morgan fingerprint density at radius 2 is 1.59 bits per heavy atom. The van der Waals surface area contributed by atoms with Crippen molar-refractivity contribution in [2.45, 2.75) is 51.0 Å². The van der Waals surface area contributed by atoms with Crippen molar-refractivity contribution in [2.24, 2.45) is 0 Å². The van der Waals surface area contributed by atoms with Gasteiger partial charge in [-0.15, -0.1) is 0 Å². The Morgan fingerprint density at radius 3 is 2.15 bits per heavy atom. The summed E-state index contributed by atoms with van der Waals surface area (Å²) in [5.41, 5.74) is 2.56. The van der Waals surface area contributed by atoms with Crippen molar-refractivity contribution >= 4 is 27.0 Å². The van der Waals surface area contributed by atoms with E-state index in [-0.39, 0.29) is 40.9 Å². The number of amides is 1. The van der Waals surface area contributed by atoms with Gasteiger partial charge in [0.1, 0.15) is 0 Å². The maximum Gasteiger partial charge on any atom is 0.420 e. The number of benzene rings is 2. The number of rotatable bonds is 4. The molecule has 0 unspecified atom stereocenters. The summed E-state index contributed by atoms with van der Waals surface area (Å²) in [5.74, 6) is -0.613. The first-order chi connectivity index (χ1) is 15.9. The van der Waals surface area contributed by atoms with Crippen LogP contribution in [0.1, 0.15) is 56.6 Å². The molecule has 2 heterocycles. The molecule has 8 nitrogen and oxygen atoms in total. The molecule has 34 heavy (non-hydrogen) atoms. The second kappa shape index (κ2) is 8.70. The van der Waals surface area contributed by atoms with Crippen LogP contribution in [-0.2, 0) is 15.4 Å². The molecule has 0 radical (unpaired) electrons. The minimum Gasteiger partial charge on any atom is -0.408 e. The third kappa shape index (κ3) is 4.42. The lowest BCUT2D eigenvalue weighted by Crippen LogP contribution is -2.50. The maximum atomic E-state index is 13.2. The van der Waals surface area contributed by atoms with Crippen LogP contribution >= 0.6 is 0 Å². The van der Waals surface area contributed by atoms with E-state index < -0.39 is 15.8 Å². The minimum absolute atomic E-state index is 0.00449. The lowest BCUT2D eigenvalue weighted by atomic mass is 9.86. The molecule has 1 aliphatic rings. The summed E-state index contributed by atoms with van der Waals surface area (Å²) in [4.78, 5) is 26.8. The first kappa shape index (κ1) is 24.2. The summed E-state index contributed by atoms with van der Waals surface area (Å²) in [6.07, 6.45) is 0. The van der Waals surface area contributed by atoms with Crippen LogP contribution in [0.3, 0.4) is 0 Å². The molecule has 2 aromatic carbocycles. The average molecular weight is 486 g/mol. The highest BCUT2D eigenvalue weighted by molar-refractivity contribution is 7.89. The standard InChI is InChI=1S/C25H31N3O5S/c1-17(2)28-21-11-10-20(16-22(21)33-24(28)30)34(31,32)27-14-12-26(13-15-27)23(29)18-6-8-19(9-7-18)25(3,4)5/h6-11,16-17H,12-15H2,1-5H3. The van der Waals surface area contributed by atoms with E-state index >= 15 is 0 Å². The molecule has 9 heteroatoms. The minimum atomic E-state index is -3.79. The van der Waals surface area contributed by atoms with Crippen LogP contribution in [-0.4, -0.2) is 54.3 Å². The molecule has 0 aliphatic carbocycles. The predicted octanol–water partition coefficient (Wildman–Crippen LogP) is 3.62. The zero-order valence-electron chi connectivity index (χ0n) is 20.2. The third-order valence-electron chi connectivity index (χ3n) is 6.26. The Hall–Kier alpha value is -2.91. The smallest absolute Gasteiger partial charge is 0.408 e. The molecule has 1 aromatic heterocycles. The van der Waals surface area contributed by atoms with Crippen molar-refractivity contribution in [3.05, 3.63) is 64.1 Å². The molecule has 3 aromatic rings. The van der Waals surface area contributed by atoms with E-state index in [2.05, 4.69) is 20.8 Å². The van der Waals surface area contributed by atoms with Gasteiger partial charge >= 0.3 is 5.76 Å². The van der Waals surface area contributed by atoms with Crippen molar-refractivity contribution in [1.82, 2.24) is 13.8 Å². The molecule has 1 amide bonds. The fraction of sp³-hybridized carbons (Fsp3) is 0.440. The van der Waals surface area contributed by atoms with E-state index in [1.54, 1.807) is 11.0 Å². The van der Waals surface area contributed by atoms with Crippen molar-refractivity contribution in [1.29, 1.82) is 0 Å². The fourth-order valence-corrected chi connectivity index (χ4v) is 5.68. The molecule has 0 spiro atoms. The topological polar surface area (TPSA) is 92.8 Å². The number of sulfonamides is 1. The molecule has 1 aliphatic heterocycles. The summed E-state index contributed by atoms with van der Waals surface area (Å²) in [7, 11) is -3.79. The Bertz CT molecular complexity index is 1370. The van der Waals surface area contributed by atoms with Gasteiger partial charge in [-0.3, -0.25) is 9.36 Å².